The minimum Gasteiger partial charge on any atom is -0.461 e. The molecule has 1 atom stereocenters. The predicted octanol–water partition coefficient (Wildman–Crippen LogP) is 2.74. The van der Waals surface area contributed by atoms with Crippen LogP contribution in [0.3, 0.4) is 0 Å². The number of hydrogen-bond acceptors (Lipinski definition) is 5. The molecule has 0 bridgehead atoms. The van der Waals surface area contributed by atoms with Gasteiger partial charge >= 0.3 is 5.97 Å². The van der Waals surface area contributed by atoms with Crippen LogP contribution in [0.5, 0.6) is 0 Å². The monoisotopic (exact) mass is 269 g/mol. The zero-order valence-electron chi connectivity index (χ0n) is 10.9. The van der Waals surface area contributed by atoms with E-state index in [1.807, 2.05) is 6.92 Å². The number of nitrogens with zero attached hydrogens (tertiary/aromatic N) is 1. The molecule has 1 aliphatic rings. The van der Waals surface area contributed by atoms with E-state index in [1.54, 1.807) is 18.3 Å². The summed E-state index contributed by atoms with van der Waals surface area (Å²) in [6.07, 6.45) is 4.54. The average molecular weight is 269 g/mol. The molecule has 0 radical (unpaired) electrons. The molecule has 2 heterocycles. The van der Waals surface area contributed by atoms with Gasteiger partial charge in [0.25, 0.3) is 0 Å². The summed E-state index contributed by atoms with van der Waals surface area (Å²) in [6.45, 7) is 4.95. The van der Waals surface area contributed by atoms with E-state index >= 15 is 0 Å². The fourth-order valence-corrected chi connectivity index (χ4v) is 3.08. The van der Waals surface area contributed by atoms with E-state index in [1.165, 1.54) is 6.42 Å². The minimum absolute atomic E-state index is 0.263. The van der Waals surface area contributed by atoms with E-state index in [9.17, 15) is 4.79 Å². The van der Waals surface area contributed by atoms with Gasteiger partial charge in [0.05, 0.1) is 17.7 Å². The highest BCUT2D eigenvalue weighted by Crippen LogP contribution is 2.23. The molecule has 1 aromatic heterocycles. The smallest absolute Gasteiger partial charge is 0.358 e. The molecule has 1 unspecified atom stereocenters. The van der Waals surface area contributed by atoms with Crippen molar-refractivity contribution in [3.8, 4) is 0 Å². The van der Waals surface area contributed by atoms with Crippen LogP contribution in [0.4, 0.5) is 0 Å². The van der Waals surface area contributed by atoms with Gasteiger partial charge in [0, 0.05) is 17.9 Å². The molecule has 1 aliphatic heterocycles. The first-order chi connectivity index (χ1) is 8.70. The summed E-state index contributed by atoms with van der Waals surface area (Å²) in [5.41, 5.74) is 0.465. The second-order valence-corrected chi connectivity index (χ2v) is 5.71. The lowest BCUT2D eigenvalue weighted by molar-refractivity contribution is 0.0167. The summed E-state index contributed by atoms with van der Waals surface area (Å²) in [5, 5.41) is 0.974. The molecule has 0 N–H and O–H groups in total. The molecule has 100 valence electrons. The number of carbonyl (C=O) groups is 1. The van der Waals surface area contributed by atoms with Crippen molar-refractivity contribution in [3.63, 3.8) is 0 Å². The molecule has 2 rings (SSSR count). The van der Waals surface area contributed by atoms with E-state index in [-0.39, 0.29) is 12.1 Å². The van der Waals surface area contributed by atoms with Gasteiger partial charge in [-0.15, -0.1) is 11.3 Å². The van der Waals surface area contributed by atoms with Crippen molar-refractivity contribution in [2.75, 3.05) is 13.2 Å². The summed E-state index contributed by atoms with van der Waals surface area (Å²) >= 11 is 1.57. The maximum Gasteiger partial charge on any atom is 0.358 e. The number of carbonyl (C=O) groups excluding carboxylic acids is 1. The molecule has 5 heteroatoms. The second-order valence-electron chi connectivity index (χ2n) is 4.43. The number of esters is 1. The maximum absolute atomic E-state index is 11.7. The first-order valence-corrected chi connectivity index (χ1v) is 7.27. The van der Waals surface area contributed by atoms with Crippen molar-refractivity contribution in [2.45, 2.75) is 45.6 Å². The molecular weight excluding hydrogens is 250 g/mol. The molecule has 1 saturated heterocycles. The third-order valence-corrected chi connectivity index (χ3v) is 3.98. The highest BCUT2D eigenvalue weighted by Gasteiger charge is 2.20. The number of aromatic nitrogens is 1. The first-order valence-electron chi connectivity index (χ1n) is 6.45. The Hall–Kier alpha value is -0.940. The van der Waals surface area contributed by atoms with Gasteiger partial charge in [-0.3, -0.25) is 0 Å². The van der Waals surface area contributed by atoms with Gasteiger partial charge in [0.2, 0.25) is 0 Å². The molecule has 0 aliphatic carbocycles. The largest absolute Gasteiger partial charge is 0.461 e. The lowest BCUT2D eigenvalue weighted by Gasteiger charge is -2.21. The Bertz CT molecular complexity index is 410. The highest BCUT2D eigenvalue weighted by molar-refractivity contribution is 7.11. The lowest BCUT2D eigenvalue weighted by Crippen LogP contribution is -2.21. The van der Waals surface area contributed by atoms with Gasteiger partial charge in [-0.1, -0.05) is 0 Å². The van der Waals surface area contributed by atoms with Crippen LogP contribution in [0.15, 0.2) is 0 Å². The number of ether oxygens (including phenoxy) is 2. The van der Waals surface area contributed by atoms with Gasteiger partial charge < -0.3 is 9.47 Å². The fraction of sp³-hybridized carbons (Fsp3) is 0.692. The second kappa shape index (κ2) is 6.29. The van der Waals surface area contributed by atoms with E-state index in [0.29, 0.717) is 12.3 Å². The number of rotatable bonds is 4. The SMILES string of the molecule is CCOC(=O)c1nc(CC2CCCCO2)sc1C. The standard InChI is InChI=1S/C13H19NO3S/c1-3-16-13(15)12-9(2)18-11(14-12)8-10-6-4-5-7-17-10/h10H,3-8H2,1-2H3. The van der Waals surface area contributed by atoms with E-state index in [0.717, 1.165) is 35.8 Å². The van der Waals surface area contributed by atoms with Gasteiger partial charge in [-0.25, -0.2) is 9.78 Å². The van der Waals surface area contributed by atoms with Gasteiger partial charge in [0.15, 0.2) is 5.69 Å². The van der Waals surface area contributed by atoms with Crippen LogP contribution in [-0.2, 0) is 15.9 Å². The Balaban J connectivity index is 2.01. The molecule has 0 amide bonds. The van der Waals surface area contributed by atoms with Crippen LogP contribution in [0, 0.1) is 6.92 Å². The average Bonchev–Trinajstić information content (AvgIpc) is 2.72. The summed E-state index contributed by atoms with van der Waals surface area (Å²) in [5.74, 6) is -0.318. The molecule has 4 nitrogen and oxygen atoms in total. The van der Waals surface area contributed by atoms with Crippen molar-refractivity contribution in [3.05, 3.63) is 15.6 Å². The van der Waals surface area contributed by atoms with E-state index in [4.69, 9.17) is 9.47 Å². The zero-order chi connectivity index (χ0) is 13.0. The molecule has 1 fully saturated rings. The van der Waals surface area contributed by atoms with Gasteiger partial charge in [0.1, 0.15) is 0 Å². The Labute approximate surface area is 111 Å². The maximum atomic E-state index is 11.7. The van der Waals surface area contributed by atoms with Crippen molar-refractivity contribution in [1.29, 1.82) is 0 Å². The Morgan fingerprint density at radius 1 is 1.56 bits per heavy atom. The van der Waals surface area contributed by atoms with Gasteiger partial charge in [-0.2, -0.15) is 0 Å². The third kappa shape index (κ3) is 3.29. The Morgan fingerprint density at radius 2 is 2.39 bits per heavy atom. The predicted molar refractivity (Wildman–Crippen MR) is 70.1 cm³/mol. The van der Waals surface area contributed by atoms with E-state index < -0.39 is 0 Å². The first kappa shape index (κ1) is 13.5. The highest BCUT2D eigenvalue weighted by atomic mass is 32.1. The molecule has 0 spiro atoms. The topological polar surface area (TPSA) is 48.4 Å². The van der Waals surface area contributed by atoms with Crippen molar-refractivity contribution in [1.82, 2.24) is 4.98 Å². The molecule has 0 saturated carbocycles. The fourth-order valence-electron chi connectivity index (χ4n) is 2.09. The molecular formula is C13H19NO3S. The zero-order valence-corrected chi connectivity index (χ0v) is 11.7. The number of aryl methyl sites for hydroxylation is 1. The van der Waals surface area contributed by atoms with Crippen LogP contribution >= 0.6 is 11.3 Å². The van der Waals surface area contributed by atoms with Crippen LogP contribution < -0.4 is 0 Å². The summed E-state index contributed by atoms with van der Waals surface area (Å²) < 4.78 is 10.7. The van der Waals surface area contributed by atoms with Crippen LogP contribution in [0.2, 0.25) is 0 Å². The minimum atomic E-state index is -0.318. The van der Waals surface area contributed by atoms with Crippen LogP contribution in [0.25, 0.3) is 0 Å². The summed E-state index contributed by atoms with van der Waals surface area (Å²) in [6, 6.07) is 0. The molecule has 1 aromatic rings. The normalized spacial score (nSPS) is 19.8. The number of hydrogen-bond donors (Lipinski definition) is 0. The van der Waals surface area contributed by atoms with E-state index in [2.05, 4.69) is 4.98 Å². The van der Waals surface area contributed by atoms with Crippen molar-refractivity contribution >= 4 is 17.3 Å². The van der Waals surface area contributed by atoms with Crippen molar-refractivity contribution < 1.29 is 14.3 Å². The van der Waals surface area contributed by atoms with Crippen LogP contribution in [-0.4, -0.2) is 30.3 Å². The molecule has 0 aromatic carbocycles. The summed E-state index contributed by atoms with van der Waals surface area (Å²) in [7, 11) is 0. The lowest BCUT2D eigenvalue weighted by atomic mass is 10.1. The summed E-state index contributed by atoms with van der Waals surface area (Å²) in [4.78, 5) is 17.0. The molecule has 18 heavy (non-hydrogen) atoms. The quantitative estimate of drug-likeness (QED) is 0.789. The van der Waals surface area contributed by atoms with Crippen LogP contribution in [0.1, 0.15) is 46.6 Å². The van der Waals surface area contributed by atoms with Gasteiger partial charge in [-0.05, 0) is 33.1 Å². The Morgan fingerprint density at radius 3 is 3.06 bits per heavy atom. The Kier molecular flexibility index (Phi) is 4.72. The van der Waals surface area contributed by atoms with Crippen molar-refractivity contribution in [2.24, 2.45) is 0 Å². The third-order valence-electron chi connectivity index (χ3n) is 2.99. The number of thiazole rings is 1.